The summed E-state index contributed by atoms with van der Waals surface area (Å²) >= 11 is 0. The molecule has 0 bridgehead atoms. The van der Waals surface area contributed by atoms with Crippen LogP contribution in [0.25, 0.3) is 0 Å². The minimum absolute atomic E-state index is 0.0736. The van der Waals surface area contributed by atoms with Crippen LogP contribution in [-0.4, -0.2) is 31.3 Å². The molecule has 3 N–H and O–H groups in total. The molecule has 0 fully saturated rings. The third-order valence-corrected chi connectivity index (χ3v) is 4.34. The lowest BCUT2D eigenvalue weighted by Gasteiger charge is -2.05. The van der Waals surface area contributed by atoms with Crippen LogP contribution in [0, 0.1) is 5.82 Å². The van der Waals surface area contributed by atoms with Gasteiger partial charge in [0.05, 0.1) is 12.7 Å². The second-order valence-corrected chi connectivity index (χ2v) is 6.23. The molecule has 114 valence electrons. The van der Waals surface area contributed by atoms with Crippen LogP contribution in [0.3, 0.4) is 0 Å². The summed E-state index contributed by atoms with van der Waals surface area (Å²) in [4.78, 5) is 0.0736. The molecule has 1 aromatic heterocycles. The standard InChI is InChI=1S/C13H17FN4O2S/c14-13-4-2-1-3-11(13)5-7-17-21(19,20)12-9-16-18(10-12)8-6-15/h1-4,9-10,17H,5-8,15H2. The molecule has 0 aliphatic heterocycles. The molecule has 0 aliphatic rings. The van der Waals surface area contributed by atoms with Gasteiger partial charge >= 0.3 is 0 Å². The van der Waals surface area contributed by atoms with Crippen molar-refractivity contribution in [3.8, 4) is 0 Å². The lowest BCUT2D eigenvalue weighted by molar-refractivity contribution is 0.576. The summed E-state index contributed by atoms with van der Waals surface area (Å²) < 4.78 is 41.4. The van der Waals surface area contributed by atoms with Gasteiger partial charge in [-0.25, -0.2) is 17.5 Å². The molecule has 8 heteroatoms. The van der Waals surface area contributed by atoms with Crippen LogP contribution < -0.4 is 10.5 Å². The number of nitrogens with two attached hydrogens (primary N) is 1. The Morgan fingerprint density at radius 3 is 2.81 bits per heavy atom. The Balaban J connectivity index is 1.96. The van der Waals surface area contributed by atoms with E-state index < -0.39 is 10.0 Å². The molecule has 1 aromatic carbocycles. The van der Waals surface area contributed by atoms with Gasteiger partial charge in [0.2, 0.25) is 10.0 Å². The fraction of sp³-hybridized carbons (Fsp3) is 0.308. The average molecular weight is 312 g/mol. The van der Waals surface area contributed by atoms with E-state index in [9.17, 15) is 12.8 Å². The Bertz CT molecular complexity index is 700. The van der Waals surface area contributed by atoms with Crippen LogP contribution in [0.1, 0.15) is 5.56 Å². The van der Waals surface area contributed by atoms with Gasteiger partial charge < -0.3 is 5.73 Å². The molecule has 0 unspecified atom stereocenters. The molecular weight excluding hydrogens is 295 g/mol. The molecule has 1 heterocycles. The first kappa shape index (κ1) is 15.6. The Kier molecular flexibility index (Phi) is 5.05. The maximum atomic E-state index is 13.4. The maximum absolute atomic E-state index is 13.4. The molecule has 0 radical (unpaired) electrons. The molecule has 0 aliphatic carbocycles. The van der Waals surface area contributed by atoms with Gasteiger partial charge in [-0.05, 0) is 18.1 Å². The second kappa shape index (κ2) is 6.79. The highest BCUT2D eigenvalue weighted by molar-refractivity contribution is 7.89. The average Bonchev–Trinajstić information content (AvgIpc) is 2.91. The number of rotatable bonds is 7. The monoisotopic (exact) mass is 312 g/mol. The first-order valence-electron chi connectivity index (χ1n) is 6.48. The zero-order valence-corrected chi connectivity index (χ0v) is 12.2. The zero-order valence-electron chi connectivity index (χ0n) is 11.4. The summed E-state index contributed by atoms with van der Waals surface area (Å²) in [5.74, 6) is -0.340. The van der Waals surface area contributed by atoms with Crippen LogP contribution in [0.2, 0.25) is 0 Å². The first-order valence-corrected chi connectivity index (χ1v) is 7.97. The number of nitrogens with one attached hydrogen (secondary N) is 1. The topological polar surface area (TPSA) is 90.0 Å². The van der Waals surface area contributed by atoms with E-state index in [1.807, 2.05) is 0 Å². The first-order chi connectivity index (χ1) is 10.0. The lowest BCUT2D eigenvalue weighted by Crippen LogP contribution is -2.26. The minimum atomic E-state index is -3.64. The van der Waals surface area contributed by atoms with Gasteiger partial charge in [0.1, 0.15) is 10.7 Å². The van der Waals surface area contributed by atoms with E-state index in [1.165, 1.54) is 23.1 Å². The van der Waals surface area contributed by atoms with Crippen molar-refractivity contribution in [1.29, 1.82) is 0 Å². The summed E-state index contributed by atoms with van der Waals surface area (Å²) in [7, 11) is -3.64. The van der Waals surface area contributed by atoms with E-state index in [0.717, 1.165) is 0 Å². The highest BCUT2D eigenvalue weighted by atomic mass is 32.2. The zero-order chi connectivity index (χ0) is 15.3. The molecule has 0 saturated carbocycles. The Morgan fingerprint density at radius 1 is 1.33 bits per heavy atom. The van der Waals surface area contributed by atoms with E-state index in [0.29, 0.717) is 18.7 Å². The van der Waals surface area contributed by atoms with Crippen molar-refractivity contribution in [2.75, 3.05) is 13.1 Å². The number of halogens is 1. The van der Waals surface area contributed by atoms with Gasteiger partial charge in [0.25, 0.3) is 0 Å². The highest BCUT2D eigenvalue weighted by Gasteiger charge is 2.16. The maximum Gasteiger partial charge on any atom is 0.243 e. The Hall–Kier alpha value is -1.77. The van der Waals surface area contributed by atoms with Gasteiger partial charge in [-0.15, -0.1) is 0 Å². The normalized spacial score (nSPS) is 11.7. The quantitative estimate of drug-likeness (QED) is 0.779. The van der Waals surface area contributed by atoms with Crippen molar-refractivity contribution >= 4 is 10.0 Å². The molecule has 21 heavy (non-hydrogen) atoms. The fourth-order valence-corrected chi connectivity index (χ4v) is 2.83. The van der Waals surface area contributed by atoms with E-state index in [-0.39, 0.29) is 23.7 Å². The van der Waals surface area contributed by atoms with Gasteiger partial charge in [-0.3, -0.25) is 4.68 Å². The van der Waals surface area contributed by atoms with Crippen molar-refractivity contribution < 1.29 is 12.8 Å². The molecular formula is C13H17FN4O2S. The van der Waals surface area contributed by atoms with E-state index in [4.69, 9.17) is 5.73 Å². The number of benzene rings is 1. The van der Waals surface area contributed by atoms with Gasteiger partial charge in [0.15, 0.2) is 0 Å². The third kappa shape index (κ3) is 4.10. The molecule has 6 nitrogen and oxygen atoms in total. The van der Waals surface area contributed by atoms with Crippen LogP contribution in [0.4, 0.5) is 4.39 Å². The molecule has 0 amide bonds. The predicted molar refractivity (Wildman–Crippen MR) is 76.6 cm³/mol. The van der Waals surface area contributed by atoms with Crippen molar-refractivity contribution in [2.45, 2.75) is 17.9 Å². The molecule has 0 saturated heterocycles. The summed E-state index contributed by atoms with van der Waals surface area (Å²) in [5, 5.41) is 3.91. The van der Waals surface area contributed by atoms with Gasteiger partial charge in [0, 0.05) is 19.3 Å². The highest BCUT2D eigenvalue weighted by Crippen LogP contribution is 2.09. The van der Waals surface area contributed by atoms with E-state index >= 15 is 0 Å². The largest absolute Gasteiger partial charge is 0.329 e. The number of hydrogen-bond acceptors (Lipinski definition) is 4. The van der Waals surface area contributed by atoms with E-state index in [2.05, 4.69) is 9.82 Å². The van der Waals surface area contributed by atoms with Crippen molar-refractivity contribution in [3.63, 3.8) is 0 Å². The van der Waals surface area contributed by atoms with Crippen LogP contribution in [-0.2, 0) is 23.0 Å². The number of hydrogen-bond donors (Lipinski definition) is 2. The second-order valence-electron chi connectivity index (χ2n) is 4.47. The lowest BCUT2D eigenvalue weighted by atomic mass is 10.1. The summed E-state index contributed by atoms with van der Waals surface area (Å²) in [6, 6.07) is 6.28. The van der Waals surface area contributed by atoms with Crippen LogP contribution in [0.5, 0.6) is 0 Å². The third-order valence-electron chi connectivity index (χ3n) is 2.92. The predicted octanol–water partition coefficient (Wildman–Crippen LogP) is 0.502. The fourth-order valence-electron chi connectivity index (χ4n) is 1.84. The smallest absolute Gasteiger partial charge is 0.243 e. The Labute approximate surface area is 122 Å². The number of aromatic nitrogens is 2. The van der Waals surface area contributed by atoms with Crippen LogP contribution in [0.15, 0.2) is 41.6 Å². The molecule has 0 spiro atoms. The molecule has 0 atom stereocenters. The number of sulfonamides is 1. The molecule has 2 rings (SSSR count). The van der Waals surface area contributed by atoms with Gasteiger partial charge in [-0.2, -0.15) is 5.10 Å². The number of nitrogens with zero attached hydrogens (tertiary/aromatic N) is 2. The van der Waals surface area contributed by atoms with Crippen molar-refractivity contribution in [1.82, 2.24) is 14.5 Å². The van der Waals surface area contributed by atoms with E-state index in [1.54, 1.807) is 18.2 Å². The molecule has 2 aromatic rings. The minimum Gasteiger partial charge on any atom is -0.329 e. The van der Waals surface area contributed by atoms with Crippen LogP contribution >= 0.6 is 0 Å². The summed E-state index contributed by atoms with van der Waals surface area (Å²) in [6.45, 7) is 0.942. The van der Waals surface area contributed by atoms with Gasteiger partial charge in [-0.1, -0.05) is 18.2 Å². The summed E-state index contributed by atoms with van der Waals surface area (Å²) in [6.07, 6.45) is 2.96. The summed E-state index contributed by atoms with van der Waals surface area (Å²) in [5.41, 5.74) is 5.85. The van der Waals surface area contributed by atoms with Crippen molar-refractivity contribution in [3.05, 3.63) is 48.0 Å². The SMILES string of the molecule is NCCn1cc(S(=O)(=O)NCCc2ccccc2F)cn1. The van der Waals surface area contributed by atoms with Crippen molar-refractivity contribution in [2.24, 2.45) is 5.73 Å². The Morgan fingerprint density at radius 2 is 2.10 bits per heavy atom.